The van der Waals surface area contributed by atoms with Gasteiger partial charge in [-0.05, 0) is 43.1 Å². The van der Waals surface area contributed by atoms with E-state index in [2.05, 4.69) is 56.6 Å². The van der Waals surface area contributed by atoms with E-state index < -0.39 is 0 Å². The van der Waals surface area contributed by atoms with Gasteiger partial charge in [0.05, 0.1) is 0 Å². The fourth-order valence-corrected chi connectivity index (χ4v) is 3.26. The lowest BCUT2D eigenvalue weighted by atomic mass is 9.95. The van der Waals surface area contributed by atoms with Crippen LogP contribution in [-0.4, -0.2) is 32.6 Å². The number of rotatable bonds is 5. The fourth-order valence-electron chi connectivity index (χ4n) is 2.85. The number of benzene rings is 1. The van der Waals surface area contributed by atoms with Crippen LogP contribution >= 0.6 is 15.9 Å². The highest BCUT2D eigenvalue weighted by molar-refractivity contribution is 9.10. The van der Waals surface area contributed by atoms with Crippen molar-refractivity contribution in [3.63, 3.8) is 0 Å². The van der Waals surface area contributed by atoms with E-state index in [0.717, 1.165) is 43.5 Å². The second-order valence-corrected chi connectivity index (χ2v) is 6.34. The van der Waals surface area contributed by atoms with Crippen LogP contribution in [0.2, 0.25) is 0 Å². The molecule has 0 aliphatic carbocycles. The molecule has 21 heavy (non-hydrogen) atoms. The molecule has 0 radical (unpaired) electrons. The van der Waals surface area contributed by atoms with Crippen molar-refractivity contribution in [2.24, 2.45) is 5.92 Å². The van der Waals surface area contributed by atoms with E-state index in [1.165, 1.54) is 11.3 Å². The Bertz CT molecular complexity index is 484. The first-order valence-electron chi connectivity index (χ1n) is 7.61. The number of carbonyl (C=O) groups is 1. The zero-order valence-corrected chi connectivity index (χ0v) is 14.4. The summed E-state index contributed by atoms with van der Waals surface area (Å²) < 4.78 is 1.11. The quantitative estimate of drug-likeness (QED) is 0.854. The van der Waals surface area contributed by atoms with Crippen LogP contribution in [0.15, 0.2) is 22.7 Å². The molecule has 1 fully saturated rings. The summed E-state index contributed by atoms with van der Waals surface area (Å²) in [4.78, 5) is 14.1. The molecular weight excluding hydrogens is 330 g/mol. The van der Waals surface area contributed by atoms with Crippen LogP contribution in [0.25, 0.3) is 0 Å². The smallest absolute Gasteiger partial charge is 0.222 e. The molecule has 0 bridgehead atoms. The van der Waals surface area contributed by atoms with Crippen LogP contribution in [0, 0.1) is 5.92 Å². The second-order valence-electron chi connectivity index (χ2n) is 5.43. The molecular formula is C16H24BrN3O. The van der Waals surface area contributed by atoms with E-state index in [1.807, 2.05) is 0 Å². The van der Waals surface area contributed by atoms with Crippen LogP contribution in [0.4, 0.5) is 5.69 Å². The lowest BCUT2D eigenvalue weighted by Gasteiger charge is -2.34. The number of amides is 1. The Balaban J connectivity index is 2.07. The monoisotopic (exact) mass is 353 g/mol. The lowest BCUT2D eigenvalue weighted by Crippen LogP contribution is -2.40. The molecule has 1 heterocycles. The molecule has 4 nitrogen and oxygen atoms in total. The van der Waals surface area contributed by atoms with Gasteiger partial charge in [-0.3, -0.25) is 4.79 Å². The van der Waals surface area contributed by atoms with E-state index in [0.29, 0.717) is 0 Å². The van der Waals surface area contributed by atoms with Gasteiger partial charge >= 0.3 is 0 Å². The Morgan fingerprint density at radius 3 is 2.71 bits per heavy atom. The normalized spacial score (nSPS) is 16.0. The summed E-state index contributed by atoms with van der Waals surface area (Å²) in [5.41, 5.74) is 2.60. The molecule has 0 unspecified atom stereocenters. The van der Waals surface area contributed by atoms with Crippen molar-refractivity contribution in [2.75, 3.05) is 31.6 Å². The van der Waals surface area contributed by atoms with Gasteiger partial charge in [0.25, 0.3) is 0 Å². The highest BCUT2D eigenvalue weighted by Gasteiger charge is 2.25. The molecule has 0 spiro atoms. The molecule has 1 aromatic carbocycles. The molecule has 1 amide bonds. The van der Waals surface area contributed by atoms with Crippen LogP contribution in [0.1, 0.15) is 25.3 Å². The van der Waals surface area contributed by atoms with E-state index in [9.17, 15) is 4.79 Å². The number of hydrogen-bond acceptors (Lipinski definition) is 3. The number of carbonyl (C=O) groups excluding carboxylic acids is 1. The van der Waals surface area contributed by atoms with Gasteiger partial charge in [0, 0.05) is 42.8 Å². The molecule has 1 aliphatic rings. The van der Waals surface area contributed by atoms with Crippen molar-refractivity contribution in [1.82, 2.24) is 10.6 Å². The Kier molecular flexibility index (Phi) is 6.06. The summed E-state index contributed by atoms with van der Waals surface area (Å²) in [7, 11) is 1.72. The minimum Gasteiger partial charge on any atom is -0.371 e. The van der Waals surface area contributed by atoms with Crippen molar-refractivity contribution in [2.45, 2.75) is 26.3 Å². The average Bonchev–Trinajstić information content (AvgIpc) is 2.52. The highest BCUT2D eigenvalue weighted by atomic mass is 79.9. The molecule has 116 valence electrons. The molecule has 1 aliphatic heterocycles. The maximum atomic E-state index is 11.7. The average molecular weight is 354 g/mol. The van der Waals surface area contributed by atoms with E-state index in [-0.39, 0.29) is 11.8 Å². The predicted molar refractivity (Wildman–Crippen MR) is 90.5 cm³/mol. The van der Waals surface area contributed by atoms with Gasteiger partial charge in [-0.25, -0.2) is 0 Å². The summed E-state index contributed by atoms with van der Waals surface area (Å²) in [5, 5.41) is 6.16. The molecule has 1 saturated heterocycles. The number of piperidine rings is 1. The van der Waals surface area contributed by atoms with Crippen molar-refractivity contribution in [1.29, 1.82) is 0 Å². The molecule has 5 heteroatoms. The van der Waals surface area contributed by atoms with Gasteiger partial charge in [-0.2, -0.15) is 0 Å². The molecule has 2 rings (SSSR count). The molecule has 0 saturated carbocycles. The summed E-state index contributed by atoms with van der Waals surface area (Å²) in [6, 6.07) is 6.45. The predicted octanol–water partition coefficient (Wildman–Crippen LogP) is 2.52. The third kappa shape index (κ3) is 4.20. The van der Waals surface area contributed by atoms with E-state index >= 15 is 0 Å². The highest BCUT2D eigenvalue weighted by Crippen LogP contribution is 2.28. The zero-order valence-electron chi connectivity index (χ0n) is 12.8. The van der Waals surface area contributed by atoms with Crippen LogP contribution in [-0.2, 0) is 11.3 Å². The number of halogens is 1. The molecule has 0 atom stereocenters. The minimum absolute atomic E-state index is 0.166. The third-order valence-electron chi connectivity index (χ3n) is 4.06. The number of hydrogen-bond donors (Lipinski definition) is 2. The van der Waals surface area contributed by atoms with Gasteiger partial charge < -0.3 is 15.5 Å². The third-order valence-corrected chi connectivity index (χ3v) is 4.55. The van der Waals surface area contributed by atoms with E-state index in [4.69, 9.17) is 0 Å². The van der Waals surface area contributed by atoms with Crippen LogP contribution in [0.3, 0.4) is 0 Å². The second kappa shape index (κ2) is 7.80. The van der Waals surface area contributed by atoms with Gasteiger partial charge in [0.2, 0.25) is 5.91 Å². The molecule has 1 aromatic rings. The Labute approximate surface area is 135 Å². The van der Waals surface area contributed by atoms with Gasteiger partial charge in [0.15, 0.2) is 0 Å². The summed E-state index contributed by atoms with van der Waals surface area (Å²) >= 11 is 3.55. The Morgan fingerprint density at radius 2 is 2.10 bits per heavy atom. The Morgan fingerprint density at radius 1 is 1.38 bits per heavy atom. The largest absolute Gasteiger partial charge is 0.371 e. The number of nitrogens with zero attached hydrogens (tertiary/aromatic N) is 1. The van der Waals surface area contributed by atoms with Crippen LogP contribution in [0.5, 0.6) is 0 Å². The minimum atomic E-state index is 0.166. The number of nitrogens with one attached hydrogen (secondary N) is 2. The fraction of sp³-hybridized carbons (Fsp3) is 0.562. The van der Waals surface area contributed by atoms with Gasteiger partial charge in [-0.15, -0.1) is 0 Å². The first-order valence-corrected chi connectivity index (χ1v) is 8.40. The van der Waals surface area contributed by atoms with Crippen LogP contribution < -0.4 is 15.5 Å². The van der Waals surface area contributed by atoms with E-state index in [1.54, 1.807) is 7.05 Å². The number of anilines is 1. The first-order chi connectivity index (χ1) is 10.2. The molecule has 2 N–H and O–H groups in total. The summed E-state index contributed by atoms with van der Waals surface area (Å²) in [5.74, 6) is 0.345. The maximum Gasteiger partial charge on any atom is 0.222 e. The summed E-state index contributed by atoms with van der Waals surface area (Å²) in [6.07, 6.45) is 1.85. The topological polar surface area (TPSA) is 44.4 Å². The first kappa shape index (κ1) is 16.3. The van der Waals surface area contributed by atoms with Crippen molar-refractivity contribution in [3.05, 3.63) is 28.2 Å². The van der Waals surface area contributed by atoms with Gasteiger partial charge in [0.1, 0.15) is 0 Å². The summed E-state index contributed by atoms with van der Waals surface area (Å²) in [6.45, 7) is 5.84. The SMILES string of the molecule is CCNCc1cc(Br)ccc1N1CCC(C(=O)NC)CC1. The maximum absolute atomic E-state index is 11.7. The molecule has 0 aromatic heterocycles. The lowest BCUT2D eigenvalue weighted by molar-refractivity contribution is -0.125. The van der Waals surface area contributed by atoms with Crippen molar-refractivity contribution >= 4 is 27.5 Å². The van der Waals surface area contributed by atoms with Gasteiger partial charge in [-0.1, -0.05) is 22.9 Å². The Hall–Kier alpha value is -1.07. The van der Waals surface area contributed by atoms with Crippen molar-refractivity contribution in [3.8, 4) is 0 Å². The zero-order chi connectivity index (χ0) is 15.2. The standard InChI is InChI=1S/C16H24BrN3O/c1-3-19-11-13-10-14(17)4-5-15(13)20-8-6-12(7-9-20)16(21)18-2/h4-5,10,12,19H,3,6-9,11H2,1-2H3,(H,18,21). The van der Waals surface area contributed by atoms with Crippen molar-refractivity contribution < 1.29 is 4.79 Å².